The number of aromatic amines is 1. The molecule has 3 aromatic heterocycles. The number of fused-ring (bicyclic) bond motifs is 1. The Labute approximate surface area is 167 Å². The highest BCUT2D eigenvalue weighted by atomic mass is 32.1. The average Bonchev–Trinajstić information content (AvgIpc) is 3.48. The number of benzene rings is 1. The van der Waals surface area contributed by atoms with Crippen LogP contribution >= 0.6 is 11.3 Å². The number of rotatable bonds is 5. The summed E-state index contributed by atoms with van der Waals surface area (Å²) < 4.78 is 10.9. The number of methoxy groups -OCH3 is 1. The van der Waals surface area contributed by atoms with Crippen molar-refractivity contribution >= 4 is 22.2 Å². The van der Waals surface area contributed by atoms with Crippen molar-refractivity contribution in [2.45, 2.75) is 25.3 Å². The van der Waals surface area contributed by atoms with Crippen LogP contribution in [0.25, 0.3) is 21.5 Å². The van der Waals surface area contributed by atoms with Crippen LogP contribution in [0.1, 0.15) is 30.0 Å². The third-order valence-electron chi connectivity index (χ3n) is 5.66. The van der Waals surface area contributed by atoms with E-state index >= 15 is 0 Å². The number of likely N-dealkylation sites (tertiary alicyclic amines) is 1. The molecule has 0 saturated carbocycles. The third-order valence-corrected chi connectivity index (χ3v) is 6.54. The molecule has 0 atom stereocenters. The molecule has 144 valence electrons. The van der Waals surface area contributed by atoms with E-state index in [-0.39, 0.29) is 0 Å². The molecule has 5 rings (SSSR count). The van der Waals surface area contributed by atoms with Crippen molar-refractivity contribution in [3.63, 3.8) is 0 Å². The minimum atomic E-state index is 0.580. The van der Waals surface area contributed by atoms with Crippen LogP contribution in [0.15, 0.2) is 52.5 Å². The molecule has 0 radical (unpaired) electrons. The first kappa shape index (κ1) is 17.5. The van der Waals surface area contributed by atoms with Crippen LogP contribution in [0.3, 0.4) is 0 Å². The lowest BCUT2D eigenvalue weighted by Gasteiger charge is -2.31. The Morgan fingerprint density at radius 3 is 2.93 bits per heavy atom. The first-order valence-corrected chi connectivity index (χ1v) is 10.5. The minimum Gasteiger partial charge on any atom is -0.497 e. The third kappa shape index (κ3) is 3.34. The van der Waals surface area contributed by atoms with E-state index in [1.54, 1.807) is 18.4 Å². The van der Waals surface area contributed by atoms with Crippen LogP contribution in [-0.2, 0) is 6.54 Å². The summed E-state index contributed by atoms with van der Waals surface area (Å²) >= 11 is 1.68. The number of hydrogen-bond donors (Lipinski definition) is 1. The van der Waals surface area contributed by atoms with E-state index < -0.39 is 0 Å². The summed E-state index contributed by atoms with van der Waals surface area (Å²) in [5.74, 6) is 2.36. The van der Waals surface area contributed by atoms with Crippen LogP contribution in [0.4, 0.5) is 0 Å². The van der Waals surface area contributed by atoms with E-state index in [0.29, 0.717) is 5.92 Å². The van der Waals surface area contributed by atoms with Crippen molar-refractivity contribution in [3.8, 4) is 16.4 Å². The Bertz CT molecular complexity index is 1060. The second-order valence-electron chi connectivity index (χ2n) is 7.37. The maximum Gasteiger partial charge on any atom is 0.177 e. The Morgan fingerprint density at radius 1 is 1.25 bits per heavy atom. The second kappa shape index (κ2) is 7.45. The van der Waals surface area contributed by atoms with Gasteiger partial charge in [0.15, 0.2) is 5.76 Å². The van der Waals surface area contributed by atoms with Crippen LogP contribution < -0.4 is 4.74 Å². The SMILES string of the molecule is COc1ccc2[nH]cc(C3CCN(Cc4cc(-c5cccs5)on4)CC3)c2c1. The second-order valence-corrected chi connectivity index (χ2v) is 8.31. The summed E-state index contributed by atoms with van der Waals surface area (Å²) in [6.45, 7) is 2.99. The lowest BCUT2D eigenvalue weighted by atomic mass is 9.89. The first-order valence-electron chi connectivity index (χ1n) is 9.67. The highest BCUT2D eigenvalue weighted by molar-refractivity contribution is 7.13. The number of hydrogen-bond acceptors (Lipinski definition) is 5. The average molecular weight is 394 g/mol. The van der Waals surface area contributed by atoms with E-state index in [1.807, 2.05) is 12.1 Å². The molecule has 1 aliphatic heterocycles. The van der Waals surface area contributed by atoms with Crippen molar-refractivity contribution in [3.05, 3.63) is 59.2 Å². The molecule has 1 aromatic carbocycles. The van der Waals surface area contributed by atoms with Gasteiger partial charge in [-0.25, -0.2) is 0 Å². The number of ether oxygens (including phenoxy) is 1. The molecule has 0 bridgehead atoms. The van der Waals surface area contributed by atoms with Gasteiger partial charge < -0.3 is 14.2 Å². The van der Waals surface area contributed by atoms with Crippen molar-refractivity contribution in [2.24, 2.45) is 0 Å². The van der Waals surface area contributed by atoms with Gasteiger partial charge in [-0.3, -0.25) is 4.90 Å². The molecule has 28 heavy (non-hydrogen) atoms. The van der Waals surface area contributed by atoms with Crippen molar-refractivity contribution in [1.82, 2.24) is 15.0 Å². The predicted octanol–water partition coefficient (Wildman–Crippen LogP) is 5.27. The normalized spacial score (nSPS) is 16.0. The fraction of sp³-hybridized carbons (Fsp3) is 0.318. The molecule has 4 aromatic rings. The van der Waals surface area contributed by atoms with Gasteiger partial charge >= 0.3 is 0 Å². The predicted molar refractivity (Wildman–Crippen MR) is 112 cm³/mol. The maximum absolute atomic E-state index is 5.52. The van der Waals surface area contributed by atoms with Gasteiger partial charge in [0.05, 0.1) is 17.7 Å². The van der Waals surface area contributed by atoms with Gasteiger partial charge in [-0.2, -0.15) is 0 Å². The van der Waals surface area contributed by atoms with Gasteiger partial charge in [0, 0.05) is 29.7 Å². The van der Waals surface area contributed by atoms with Crippen molar-refractivity contribution in [1.29, 1.82) is 0 Å². The van der Waals surface area contributed by atoms with Crippen LogP contribution in [-0.4, -0.2) is 35.2 Å². The summed E-state index contributed by atoms with van der Waals surface area (Å²) in [7, 11) is 1.72. The zero-order valence-electron chi connectivity index (χ0n) is 15.9. The lowest BCUT2D eigenvalue weighted by molar-refractivity contribution is 0.200. The number of piperidine rings is 1. The zero-order chi connectivity index (χ0) is 18.9. The molecule has 0 aliphatic carbocycles. The summed E-state index contributed by atoms with van der Waals surface area (Å²) in [4.78, 5) is 7.02. The summed E-state index contributed by atoms with van der Waals surface area (Å²) in [5.41, 5.74) is 3.61. The highest BCUT2D eigenvalue weighted by Crippen LogP contribution is 2.35. The summed E-state index contributed by atoms with van der Waals surface area (Å²) in [6, 6.07) is 12.4. The highest BCUT2D eigenvalue weighted by Gasteiger charge is 2.24. The minimum absolute atomic E-state index is 0.580. The topological polar surface area (TPSA) is 54.3 Å². The van der Waals surface area contributed by atoms with E-state index in [9.17, 15) is 0 Å². The van der Waals surface area contributed by atoms with Crippen LogP contribution in [0.2, 0.25) is 0 Å². The van der Waals surface area contributed by atoms with Gasteiger partial charge in [-0.1, -0.05) is 11.2 Å². The molecule has 4 heterocycles. The number of thiophene rings is 1. The summed E-state index contributed by atoms with van der Waals surface area (Å²) in [6.07, 6.45) is 4.48. The molecule has 1 saturated heterocycles. The standard InChI is InChI=1S/C22H23N3O2S/c1-26-17-4-5-20-18(12-17)19(13-23-20)15-6-8-25(9-7-15)14-16-11-21(27-24-16)22-3-2-10-28-22/h2-5,10-13,15,23H,6-9,14H2,1H3. The van der Waals surface area contributed by atoms with E-state index in [0.717, 1.165) is 54.6 Å². The molecule has 0 amide bonds. The maximum atomic E-state index is 5.52. The molecular formula is C22H23N3O2S. The van der Waals surface area contributed by atoms with Gasteiger partial charge in [0.25, 0.3) is 0 Å². The molecule has 5 nitrogen and oxygen atoms in total. The van der Waals surface area contributed by atoms with E-state index in [4.69, 9.17) is 9.26 Å². The Hall–Kier alpha value is -2.57. The Morgan fingerprint density at radius 2 is 2.14 bits per heavy atom. The lowest BCUT2D eigenvalue weighted by Crippen LogP contribution is -2.32. The molecule has 1 N–H and O–H groups in total. The molecule has 0 spiro atoms. The van der Waals surface area contributed by atoms with Gasteiger partial charge in [0.1, 0.15) is 5.75 Å². The van der Waals surface area contributed by atoms with Gasteiger partial charge in [-0.15, -0.1) is 11.3 Å². The number of nitrogens with one attached hydrogen (secondary N) is 1. The molecule has 1 fully saturated rings. The van der Waals surface area contributed by atoms with Crippen molar-refractivity contribution in [2.75, 3.05) is 20.2 Å². The molecular weight excluding hydrogens is 370 g/mol. The smallest absolute Gasteiger partial charge is 0.177 e. The fourth-order valence-corrected chi connectivity index (χ4v) is 4.81. The largest absolute Gasteiger partial charge is 0.497 e. The van der Waals surface area contributed by atoms with Crippen molar-refractivity contribution < 1.29 is 9.26 Å². The Balaban J connectivity index is 1.24. The number of nitrogens with zero attached hydrogens (tertiary/aromatic N) is 2. The fourth-order valence-electron chi connectivity index (χ4n) is 4.14. The molecule has 0 unspecified atom stereocenters. The first-order chi connectivity index (χ1) is 13.8. The van der Waals surface area contributed by atoms with Crippen LogP contribution in [0.5, 0.6) is 5.75 Å². The molecule has 1 aliphatic rings. The monoisotopic (exact) mass is 393 g/mol. The Kier molecular flexibility index (Phi) is 4.66. The molecule has 6 heteroatoms. The van der Waals surface area contributed by atoms with Crippen LogP contribution in [0, 0.1) is 0 Å². The van der Waals surface area contributed by atoms with Gasteiger partial charge in [-0.05, 0) is 67.1 Å². The van der Waals surface area contributed by atoms with E-state index in [1.165, 1.54) is 16.5 Å². The van der Waals surface area contributed by atoms with Gasteiger partial charge in [0.2, 0.25) is 0 Å². The van der Waals surface area contributed by atoms with E-state index in [2.05, 4.69) is 50.9 Å². The quantitative estimate of drug-likeness (QED) is 0.502. The zero-order valence-corrected chi connectivity index (χ0v) is 16.7. The summed E-state index contributed by atoms with van der Waals surface area (Å²) in [5, 5.41) is 7.61. The number of aromatic nitrogens is 2. The number of H-pyrrole nitrogens is 1.